The van der Waals surface area contributed by atoms with Crippen molar-refractivity contribution in [1.29, 1.82) is 0 Å². The van der Waals surface area contributed by atoms with Crippen LogP contribution in [0.5, 0.6) is 0 Å². The van der Waals surface area contributed by atoms with Crippen molar-refractivity contribution in [3.63, 3.8) is 0 Å². The van der Waals surface area contributed by atoms with Crippen molar-refractivity contribution >= 4 is 28.9 Å². The molecule has 40 heavy (non-hydrogen) atoms. The van der Waals surface area contributed by atoms with E-state index in [0.717, 1.165) is 25.7 Å². The van der Waals surface area contributed by atoms with E-state index in [-0.39, 0.29) is 18.0 Å². The Morgan fingerprint density at radius 1 is 1.07 bits per heavy atom. The van der Waals surface area contributed by atoms with Crippen LogP contribution < -0.4 is 15.5 Å². The number of morpholine rings is 1. The number of hydrogen-bond acceptors (Lipinski definition) is 8. The van der Waals surface area contributed by atoms with Crippen molar-refractivity contribution < 1.29 is 23.0 Å². The van der Waals surface area contributed by atoms with Crippen LogP contribution in [0, 0.1) is 5.92 Å². The van der Waals surface area contributed by atoms with Gasteiger partial charge in [-0.05, 0) is 64.5 Å². The number of halogens is 2. The van der Waals surface area contributed by atoms with E-state index in [1.54, 1.807) is 30.3 Å². The highest BCUT2D eigenvalue weighted by atomic mass is 19.3. The molecule has 2 aromatic heterocycles. The van der Waals surface area contributed by atoms with Crippen molar-refractivity contribution in [2.45, 2.75) is 64.5 Å². The number of carbonyl (C=O) groups is 1. The smallest absolute Gasteiger partial charge is 0.407 e. The average Bonchev–Trinajstić information content (AvgIpc) is 3.32. The van der Waals surface area contributed by atoms with Gasteiger partial charge in [-0.25, -0.2) is 18.6 Å². The van der Waals surface area contributed by atoms with Gasteiger partial charge in [0.05, 0.1) is 24.2 Å². The molecule has 1 saturated heterocycles. The van der Waals surface area contributed by atoms with Crippen LogP contribution in [0.15, 0.2) is 30.3 Å². The summed E-state index contributed by atoms with van der Waals surface area (Å²) in [6.07, 6.45) is 0.394. The van der Waals surface area contributed by atoms with Gasteiger partial charge in [0.2, 0.25) is 5.95 Å². The molecule has 2 aliphatic rings. The second-order valence-corrected chi connectivity index (χ2v) is 11.3. The van der Waals surface area contributed by atoms with Crippen molar-refractivity contribution in [2.24, 2.45) is 5.92 Å². The summed E-state index contributed by atoms with van der Waals surface area (Å²) in [6, 6.07) is 8.88. The molecule has 1 aliphatic heterocycles. The maximum Gasteiger partial charge on any atom is 0.407 e. The van der Waals surface area contributed by atoms with E-state index < -0.39 is 12.0 Å². The van der Waals surface area contributed by atoms with Crippen LogP contribution in [0.2, 0.25) is 0 Å². The molecule has 0 unspecified atom stereocenters. The van der Waals surface area contributed by atoms with Crippen LogP contribution >= 0.6 is 0 Å². The number of fused-ring (bicyclic) bond motifs is 1. The standard InChI is InChI=1S/C28H37F2N7O3/c1-28(2,3)40-27(38)32-19-10-8-18(9-11-19)17-31-26-34-22(36-12-14-39-15-13-36)16-23(35-26)37-21-7-5-4-6-20(21)33-25(37)24(29)30/h4-7,16,18-19,24H,8-15,17H2,1-3H3,(H,32,38)(H,31,34,35)/t18-,19-. The second-order valence-electron chi connectivity index (χ2n) is 11.3. The van der Waals surface area contributed by atoms with Gasteiger partial charge in [-0.1, -0.05) is 12.1 Å². The van der Waals surface area contributed by atoms with E-state index in [0.29, 0.717) is 67.4 Å². The number of nitrogens with zero attached hydrogens (tertiary/aromatic N) is 5. The summed E-state index contributed by atoms with van der Waals surface area (Å²) >= 11 is 0. The fourth-order valence-corrected chi connectivity index (χ4v) is 5.22. The molecule has 12 heteroatoms. The molecule has 3 heterocycles. The van der Waals surface area contributed by atoms with E-state index in [2.05, 4.69) is 25.5 Å². The zero-order valence-corrected chi connectivity index (χ0v) is 23.2. The van der Waals surface area contributed by atoms with Gasteiger partial charge in [0.25, 0.3) is 6.43 Å². The van der Waals surface area contributed by atoms with Gasteiger partial charge >= 0.3 is 6.09 Å². The Bertz CT molecular complexity index is 1310. The Hall–Kier alpha value is -3.54. The number of benzene rings is 1. The summed E-state index contributed by atoms with van der Waals surface area (Å²) in [6.45, 7) is 8.62. The first kappa shape index (κ1) is 28.0. The van der Waals surface area contributed by atoms with Crippen molar-refractivity contribution in [2.75, 3.05) is 43.1 Å². The maximum atomic E-state index is 14.1. The summed E-state index contributed by atoms with van der Waals surface area (Å²) in [5.41, 5.74) is 0.514. The largest absolute Gasteiger partial charge is 0.444 e. The molecule has 3 aromatic rings. The molecule has 10 nitrogen and oxygen atoms in total. The number of hydrogen-bond donors (Lipinski definition) is 2. The van der Waals surface area contributed by atoms with Crippen LogP contribution in [0.25, 0.3) is 16.9 Å². The van der Waals surface area contributed by atoms with Gasteiger partial charge in [-0.2, -0.15) is 9.97 Å². The number of alkyl carbamates (subject to hydrolysis) is 1. The normalized spacial score (nSPS) is 20.1. The van der Waals surface area contributed by atoms with Crippen LogP contribution in [-0.2, 0) is 9.47 Å². The highest BCUT2D eigenvalue weighted by Crippen LogP contribution is 2.30. The predicted molar refractivity (Wildman–Crippen MR) is 148 cm³/mol. The lowest BCUT2D eigenvalue weighted by atomic mass is 9.86. The molecule has 2 N–H and O–H groups in total. The third kappa shape index (κ3) is 6.78. The highest BCUT2D eigenvalue weighted by Gasteiger charge is 2.26. The average molecular weight is 558 g/mol. The summed E-state index contributed by atoms with van der Waals surface area (Å²) < 4.78 is 40.5. The minimum absolute atomic E-state index is 0.0842. The number of imidazole rings is 1. The molecule has 1 amide bonds. The summed E-state index contributed by atoms with van der Waals surface area (Å²) in [5.74, 6) is 1.38. The number of amides is 1. The van der Waals surface area contributed by atoms with Crippen molar-refractivity contribution in [3.8, 4) is 5.82 Å². The zero-order chi connectivity index (χ0) is 28.3. The molecule has 216 valence electrons. The van der Waals surface area contributed by atoms with Crippen molar-refractivity contribution in [1.82, 2.24) is 24.8 Å². The first-order valence-corrected chi connectivity index (χ1v) is 13.9. The number of anilines is 2. The maximum absolute atomic E-state index is 14.1. The molecule has 0 spiro atoms. The fraction of sp³-hybridized carbons (Fsp3) is 0.571. The molecule has 0 bridgehead atoms. The first-order valence-electron chi connectivity index (χ1n) is 13.9. The predicted octanol–water partition coefficient (Wildman–Crippen LogP) is 5.09. The van der Waals surface area contributed by atoms with E-state index in [9.17, 15) is 13.6 Å². The Kier molecular flexibility index (Phi) is 8.34. The molecule has 0 atom stereocenters. The van der Waals surface area contributed by atoms with Gasteiger partial charge < -0.3 is 25.0 Å². The first-order chi connectivity index (χ1) is 19.2. The Balaban J connectivity index is 1.33. The number of rotatable bonds is 7. The Morgan fingerprint density at radius 3 is 2.48 bits per heavy atom. The SMILES string of the molecule is CC(C)(C)OC(=O)N[C@H]1CC[C@H](CNc2nc(N3CCOCC3)cc(-n3c(C(F)F)nc4ccccc43)n2)CC1. The number of nitrogens with one attached hydrogen (secondary N) is 2. The quantitative estimate of drug-likeness (QED) is 0.414. The summed E-state index contributed by atoms with van der Waals surface area (Å²) in [7, 11) is 0. The third-order valence-electron chi connectivity index (χ3n) is 7.16. The molecule has 5 rings (SSSR count). The topological polar surface area (TPSA) is 106 Å². The molecular weight excluding hydrogens is 520 g/mol. The van der Waals surface area contributed by atoms with Gasteiger partial charge in [-0.3, -0.25) is 4.57 Å². The van der Waals surface area contributed by atoms with E-state index in [1.807, 2.05) is 20.8 Å². The third-order valence-corrected chi connectivity index (χ3v) is 7.16. The molecule has 1 aromatic carbocycles. The van der Waals surface area contributed by atoms with Gasteiger partial charge in [-0.15, -0.1) is 0 Å². The van der Waals surface area contributed by atoms with Crippen LogP contribution in [0.3, 0.4) is 0 Å². The van der Waals surface area contributed by atoms with E-state index in [1.165, 1.54) is 4.57 Å². The lowest BCUT2D eigenvalue weighted by molar-refractivity contribution is 0.0488. The monoisotopic (exact) mass is 557 g/mol. The summed E-state index contributed by atoms with van der Waals surface area (Å²) in [4.78, 5) is 27.8. The van der Waals surface area contributed by atoms with Gasteiger partial charge in [0, 0.05) is 31.7 Å². The molecule has 1 saturated carbocycles. The number of carbonyl (C=O) groups excluding carboxylic acids is 1. The number of aromatic nitrogens is 4. The summed E-state index contributed by atoms with van der Waals surface area (Å²) in [5, 5.41) is 6.34. The molecular formula is C28H37F2N7O3. The molecule has 1 aliphatic carbocycles. The van der Waals surface area contributed by atoms with Crippen LogP contribution in [0.4, 0.5) is 25.3 Å². The minimum atomic E-state index is -2.77. The number of para-hydroxylation sites is 2. The van der Waals surface area contributed by atoms with Gasteiger partial charge in [0.1, 0.15) is 17.2 Å². The van der Waals surface area contributed by atoms with E-state index in [4.69, 9.17) is 14.5 Å². The number of ether oxygens (including phenoxy) is 2. The van der Waals surface area contributed by atoms with Crippen LogP contribution in [-0.4, -0.2) is 70.1 Å². The van der Waals surface area contributed by atoms with Gasteiger partial charge in [0.15, 0.2) is 5.82 Å². The lowest BCUT2D eigenvalue weighted by Gasteiger charge is -2.30. The van der Waals surface area contributed by atoms with Crippen molar-refractivity contribution in [3.05, 3.63) is 36.2 Å². The highest BCUT2D eigenvalue weighted by molar-refractivity contribution is 5.78. The minimum Gasteiger partial charge on any atom is -0.444 e. The fourth-order valence-electron chi connectivity index (χ4n) is 5.22. The molecule has 2 fully saturated rings. The molecule has 0 radical (unpaired) electrons. The Morgan fingerprint density at radius 2 is 1.77 bits per heavy atom. The van der Waals surface area contributed by atoms with Crippen LogP contribution in [0.1, 0.15) is 58.7 Å². The Labute approximate surface area is 232 Å². The van der Waals surface area contributed by atoms with E-state index >= 15 is 0 Å². The lowest BCUT2D eigenvalue weighted by Crippen LogP contribution is -2.41. The zero-order valence-electron chi connectivity index (χ0n) is 23.2. The second kappa shape index (κ2) is 11.9. The number of alkyl halides is 2.